The Kier molecular flexibility index (Phi) is 9.33. The number of nitrogens with zero attached hydrogens (tertiary/aromatic N) is 1. The quantitative estimate of drug-likeness (QED) is 0.771. The number of carbonyl (C=O) groups excluding carboxylic acids is 1. The molecule has 22 heavy (non-hydrogen) atoms. The molecule has 0 fully saturated rings. The zero-order valence-corrected chi connectivity index (χ0v) is 15.0. The molecule has 0 bridgehead atoms. The fourth-order valence-corrected chi connectivity index (χ4v) is 2.49. The second-order valence-electron chi connectivity index (χ2n) is 6.22. The molecule has 0 saturated heterocycles. The molecule has 0 aromatic heterocycles. The molecule has 5 heteroatoms. The third kappa shape index (κ3) is 7.25. The molecular weight excluding hydrogens is 298 g/mol. The van der Waals surface area contributed by atoms with E-state index in [4.69, 9.17) is 5.73 Å². The molecule has 0 heterocycles. The van der Waals surface area contributed by atoms with Crippen LogP contribution in [-0.4, -0.2) is 36.0 Å². The molecule has 0 spiro atoms. The number of halogens is 1. The maximum absolute atomic E-state index is 12.2. The van der Waals surface area contributed by atoms with Crippen LogP contribution in [0.25, 0.3) is 0 Å². The summed E-state index contributed by atoms with van der Waals surface area (Å²) >= 11 is 0. The molecule has 0 aliphatic heterocycles. The van der Waals surface area contributed by atoms with Crippen molar-refractivity contribution in [2.45, 2.75) is 51.7 Å². The zero-order chi connectivity index (χ0) is 15.9. The monoisotopic (exact) mass is 327 g/mol. The molecule has 2 unspecified atom stereocenters. The maximum atomic E-state index is 12.2. The standard InChI is InChI=1S/C17H29N3O.ClH/c1-5-11-17(3,18)16(21)19-14(2)12-20(4)13-15-9-7-6-8-10-15;/h6-10,14H,5,11-13,18H2,1-4H3,(H,19,21);1H. The molecule has 126 valence electrons. The molecule has 0 aliphatic carbocycles. The van der Waals surface area contributed by atoms with Crippen LogP contribution in [0.1, 0.15) is 39.2 Å². The Bertz CT molecular complexity index is 437. The number of carbonyl (C=O) groups is 1. The van der Waals surface area contributed by atoms with Crippen molar-refractivity contribution in [2.75, 3.05) is 13.6 Å². The summed E-state index contributed by atoms with van der Waals surface area (Å²) in [6.45, 7) is 7.52. The number of hydrogen-bond donors (Lipinski definition) is 2. The van der Waals surface area contributed by atoms with Gasteiger partial charge in [-0.25, -0.2) is 0 Å². The fourth-order valence-electron chi connectivity index (χ4n) is 2.49. The average Bonchev–Trinajstić information content (AvgIpc) is 2.39. The first-order valence-electron chi connectivity index (χ1n) is 7.67. The topological polar surface area (TPSA) is 58.4 Å². The molecule has 0 aliphatic rings. The summed E-state index contributed by atoms with van der Waals surface area (Å²) in [5.74, 6) is -0.0649. The van der Waals surface area contributed by atoms with Gasteiger partial charge in [-0.15, -0.1) is 12.4 Å². The van der Waals surface area contributed by atoms with Crippen molar-refractivity contribution in [3.05, 3.63) is 35.9 Å². The zero-order valence-electron chi connectivity index (χ0n) is 14.1. The van der Waals surface area contributed by atoms with E-state index in [0.29, 0.717) is 6.42 Å². The summed E-state index contributed by atoms with van der Waals surface area (Å²) in [5.41, 5.74) is 6.54. The predicted molar refractivity (Wildman–Crippen MR) is 95.1 cm³/mol. The molecule has 1 aromatic rings. The predicted octanol–water partition coefficient (Wildman–Crippen LogP) is 2.56. The van der Waals surface area contributed by atoms with Crippen molar-refractivity contribution in [3.63, 3.8) is 0 Å². The van der Waals surface area contributed by atoms with Gasteiger partial charge in [-0.05, 0) is 32.9 Å². The summed E-state index contributed by atoms with van der Waals surface area (Å²) in [7, 11) is 2.06. The fraction of sp³-hybridized carbons (Fsp3) is 0.588. The Hall–Kier alpha value is -1.10. The van der Waals surface area contributed by atoms with E-state index in [1.807, 2.05) is 32.0 Å². The minimum atomic E-state index is -0.777. The van der Waals surface area contributed by atoms with Gasteiger partial charge in [0.15, 0.2) is 0 Å². The van der Waals surface area contributed by atoms with Gasteiger partial charge in [-0.1, -0.05) is 43.7 Å². The number of hydrogen-bond acceptors (Lipinski definition) is 3. The van der Waals surface area contributed by atoms with Crippen LogP contribution in [0.2, 0.25) is 0 Å². The lowest BCUT2D eigenvalue weighted by molar-refractivity contribution is -0.126. The molecule has 3 N–H and O–H groups in total. The van der Waals surface area contributed by atoms with Crippen molar-refractivity contribution >= 4 is 18.3 Å². The maximum Gasteiger partial charge on any atom is 0.240 e. The van der Waals surface area contributed by atoms with E-state index in [1.54, 1.807) is 6.92 Å². The Morgan fingerprint density at radius 1 is 1.36 bits per heavy atom. The minimum Gasteiger partial charge on any atom is -0.351 e. The van der Waals surface area contributed by atoms with Gasteiger partial charge in [-0.3, -0.25) is 4.79 Å². The summed E-state index contributed by atoms with van der Waals surface area (Å²) in [6, 6.07) is 10.4. The lowest BCUT2D eigenvalue weighted by Gasteiger charge is -2.27. The van der Waals surface area contributed by atoms with E-state index in [1.165, 1.54) is 5.56 Å². The summed E-state index contributed by atoms with van der Waals surface area (Å²) in [6.07, 6.45) is 1.61. The van der Waals surface area contributed by atoms with Crippen molar-refractivity contribution in [3.8, 4) is 0 Å². The van der Waals surface area contributed by atoms with Gasteiger partial charge in [0.2, 0.25) is 5.91 Å². The smallest absolute Gasteiger partial charge is 0.240 e. The Morgan fingerprint density at radius 3 is 2.50 bits per heavy atom. The highest BCUT2D eigenvalue weighted by molar-refractivity contribution is 5.86. The van der Waals surface area contributed by atoms with Gasteiger partial charge in [0, 0.05) is 19.1 Å². The van der Waals surface area contributed by atoms with E-state index in [0.717, 1.165) is 19.5 Å². The van der Waals surface area contributed by atoms with Crippen molar-refractivity contribution in [1.29, 1.82) is 0 Å². The first-order chi connectivity index (χ1) is 9.85. The van der Waals surface area contributed by atoms with Crippen molar-refractivity contribution < 1.29 is 4.79 Å². The van der Waals surface area contributed by atoms with Crippen molar-refractivity contribution in [2.24, 2.45) is 5.73 Å². The lowest BCUT2D eigenvalue weighted by Crippen LogP contribution is -2.55. The Balaban J connectivity index is 0.00000441. The lowest BCUT2D eigenvalue weighted by atomic mass is 9.96. The molecule has 1 rings (SSSR count). The van der Waals surface area contributed by atoms with Crippen LogP contribution >= 0.6 is 12.4 Å². The van der Waals surface area contributed by atoms with E-state index in [9.17, 15) is 4.79 Å². The van der Waals surface area contributed by atoms with Crippen LogP contribution in [0.3, 0.4) is 0 Å². The van der Waals surface area contributed by atoms with Crippen LogP contribution in [0.4, 0.5) is 0 Å². The third-order valence-electron chi connectivity index (χ3n) is 3.55. The van der Waals surface area contributed by atoms with Gasteiger partial charge in [0.05, 0.1) is 5.54 Å². The second-order valence-corrected chi connectivity index (χ2v) is 6.22. The molecule has 1 aromatic carbocycles. The van der Waals surface area contributed by atoms with Crippen LogP contribution in [0.5, 0.6) is 0 Å². The molecule has 1 amide bonds. The number of nitrogens with two attached hydrogens (primary N) is 1. The largest absolute Gasteiger partial charge is 0.351 e. The number of amides is 1. The normalized spacial score (nSPS) is 14.8. The first kappa shape index (κ1) is 20.9. The number of benzene rings is 1. The van der Waals surface area contributed by atoms with Crippen LogP contribution in [0.15, 0.2) is 30.3 Å². The molecular formula is C17H30ClN3O. The third-order valence-corrected chi connectivity index (χ3v) is 3.55. The minimum absolute atomic E-state index is 0. The van der Waals surface area contributed by atoms with E-state index in [2.05, 4.69) is 29.4 Å². The second kappa shape index (κ2) is 9.82. The van der Waals surface area contributed by atoms with E-state index < -0.39 is 5.54 Å². The highest BCUT2D eigenvalue weighted by Gasteiger charge is 2.28. The van der Waals surface area contributed by atoms with Gasteiger partial charge in [-0.2, -0.15) is 0 Å². The van der Waals surface area contributed by atoms with Gasteiger partial charge < -0.3 is 16.0 Å². The Labute approximate surface area is 140 Å². The summed E-state index contributed by atoms with van der Waals surface area (Å²) < 4.78 is 0. The number of likely N-dealkylation sites (N-methyl/N-ethyl adjacent to an activating group) is 1. The van der Waals surface area contributed by atoms with Crippen molar-refractivity contribution in [1.82, 2.24) is 10.2 Å². The molecule has 0 radical (unpaired) electrons. The molecule has 2 atom stereocenters. The highest BCUT2D eigenvalue weighted by Crippen LogP contribution is 2.09. The average molecular weight is 328 g/mol. The molecule has 4 nitrogen and oxygen atoms in total. The summed E-state index contributed by atoms with van der Waals surface area (Å²) in [5, 5.41) is 3.02. The van der Waals surface area contributed by atoms with E-state index in [-0.39, 0.29) is 24.4 Å². The number of nitrogens with one attached hydrogen (secondary N) is 1. The van der Waals surface area contributed by atoms with Gasteiger partial charge >= 0.3 is 0 Å². The SMILES string of the molecule is CCCC(C)(N)C(=O)NC(C)CN(C)Cc1ccccc1.Cl. The van der Waals surface area contributed by atoms with Gasteiger partial charge in [0.1, 0.15) is 0 Å². The van der Waals surface area contributed by atoms with Crippen LogP contribution in [0, 0.1) is 0 Å². The van der Waals surface area contributed by atoms with E-state index >= 15 is 0 Å². The molecule has 0 saturated carbocycles. The Morgan fingerprint density at radius 2 is 1.95 bits per heavy atom. The van der Waals surface area contributed by atoms with Gasteiger partial charge in [0.25, 0.3) is 0 Å². The first-order valence-corrected chi connectivity index (χ1v) is 7.67. The van der Waals surface area contributed by atoms with Crippen LogP contribution in [-0.2, 0) is 11.3 Å². The van der Waals surface area contributed by atoms with Crippen LogP contribution < -0.4 is 11.1 Å². The highest BCUT2D eigenvalue weighted by atomic mass is 35.5. The number of rotatable bonds is 8. The summed E-state index contributed by atoms with van der Waals surface area (Å²) in [4.78, 5) is 14.4.